The fraction of sp³-hybridized carbons (Fsp3) is 0.429. The van der Waals surface area contributed by atoms with E-state index >= 15 is 0 Å². The highest BCUT2D eigenvalue weighted by atomic mass is 16.5. The van der Waals surface area contributed by atoms with Gasteiger partial charge in [-0.3, -0.25) is 4.90 Å². The molecule has 0 radical (unpaired) electrons. The van der Waals surface area contributed by atoms with Crippen LogP contribution in [0.2, 0.25) is 0 Å². The van der Waals surface area contributed by atoms with Crippen LogP contribution in [-0.2, 0) is 13.1 Å². The Morgan fingerprint density at radius 2 is 1.96 bits per heavy atom. The summed E-state index contributed by atoms with van der Waals surface area (Å²) >= 11 is 0. The van der Waals surface area contributed by atoms with Gasteiger partial charge in [-0.2, -0.15) is 0 Å². The zero-order chi connectivity index (χ0) is 19.4. The lowest BCUT2D eigenvalue weighted by molar-refractivity contribution is -0.0166. The van der Waals surface area contributed by atoms with Gasteiger partial charge in [-0.05, 0) is 31.7 Å². The first-order valence-corrected chi connectivity index (χ1v) is 9.63. The highest BCUT2D eigenvalue weighted by molar-refractivity contribution is 5.78. The van der Waals surface area contributed by atoms with Gasteiger partial charge in [-0.1, -0.05) is 12.1 Å². The van der Waals surface area contributed by atoms with Crippen molar-refractivity contribution in [3.63, 3.8) is 0 Å². The molecule has 1 aliphatic heterocycles. The van der Waals surface area contributed by atoms with Gasteiger partial charge >= 0.3 is 0 Å². The van der Waals surface area contributed by atoms with Crippen molar-refractivity contribution in [1.82, 2.24) is 19.4 Å². The Hall–Kier alpha value is -2.48. The standard InChI is InChI=1S/C21H24N4O3/c1-12-14-6-7-25(21(14)23-11-22-12)16-8-18(20(27)19(16)26)28-17-5-3-4-13-9-24(2)10-15(13)17/h3-7,11,16,18-20,26-27H,8-10H2,1-2H3/t16?,18?,19-,20+/m0/s1. The quantitative estimate of drug-likeness (QED) is 0.721. The minimum atomic E-state index is -0.958. The van der Waals surface area contributed by atoms with Gasteiger partial charge in [0.15, 0.2) is 0 Å². The Morgan fingerprint density at radius 1 is 1.11 bits per heavy atom. The van der Waals surface area contributed by atoms with E-state index in [0.29, 0.717) is 6.42 Å². The molecule has 3 heterocycles. The molecule has 3 aromatic rings. The van der Waals surface area contributed by atoms with Gasteiger partial charge in [0.05, 0.1) is 11.7 Å². The van der Waals surface area contributed by atoms with E-state index in [2.05, 4.69) is 28.0 Å². The molecule has 0 amide bonds. The number of ether oxygens (including phenoxy) is 1. The van der Waals surface area contributed by atoms with Crippen LogP contribution in [0, 0.1) is 6.92 Å². The van der Waals surface area contributed by atoms with Crippen LogP contribution in [0.4, 0.5) is 0 Å². The predicted molar refractivity (Wildman–Crippen MR) is 104 cm³/mol. The first-order valence-electron chi connectivity index (χ1n) is 9.63. The van der Waals surface area contributed by atoms with E-state index < -0.39 is 18.3 Å². The number of benzene rings is 1. The number of aliphatic hydroxyl groups excluding tert-OH is 2. The lowest BCUT2D eigenvalue weighted by Crippen LogP contribution is -2.34. The number of hydrogen-bond acceptors (Lipinski definition) is 6. The molecular formula is C21H24N4O3. The van der Waals surface area contributed by atoms with Crippen molar-refractivity contribution < 1.29 is 14.9 Å². The minimum Gasteiger partial charge on any atom is -0.487 e. The summed E-state index contributed by atoms with van der Waals surface area (Å²) in [5.41, 5.74) is 4.10. The highest BCUT2D eigenvalue weighted by Crippen LogP contribution is 2.38. The van der Waals surface area contributed by atoms with Crippen molar-refractivity contribution in [3.8, 4) is 5.75 Å². The summed E-state index contributed by atoms with van der Waals surface area (Å²) in [5, 5.41) is 22.4. The first-order chi connectivity index (χ1) is 13.5. The summed E-state index contributed by atoms with van der Waals surface area (Å²) < 4.78 is 8.17. The van der Waals surface area contributed by atoms with Crippen LogP contribution in [-0.4, -0.2) is 55.0 Å². The van der Waals surface area contributed by atoms with Gasteiger partial charge in [0.2, 0.25) is 0 Å². The van der Waals surface area contributed by atoms with Crippen LogP contribution in [0.3, 0.4) is 0 Å². The molecule has 1 aliphatic carbocycles. The Kier molecular flexibility index (Phi) is 4.12. The first kappa shape index (κ1) is 17.6. The fourth-order valence-electron chi connectivity index (χ4n) is 4.55. The molecule has 0 spiro atoms. The smallest absolute Gasteiger partial charge is 0.143 e. The predicted octanol–water partition coefficient (Wildman–Crippen LogP) is 1.80. The van der Waals surface area contributed by atoms with Crippen LogP contribution in [0.1, 0.15) is 29.3 Å². The number of aryl methyl sites for hydroxylation is 1. The third-order valence-corrected chi connectivity index (χ3v) is 6.04. The second-order valence-electron chi connectivity index (χ2n) is 7.93. The van der Waals surface area contributed by atoms with E-state index in [4.69, 9.17) is 4.74 Å². The number of rotatable bonds is 3. The summed E-state index contributed by atoms with van der Waals surface area (Å²) in [5.74, 6) is 0.800. The number of nitrogens with zero attached hydrogens (tertiary/aromatic N) is 4. The second-order valence-corrected chi connectivity index (χ2v) is 7.93. The minimum absolute atomic E-state index is 0.300. The summed E-state index contributed by atoms with van der Waals surface area (Å²) in [6.07, 6.45) is 1.59. The van der Waals surface area contributed by atoms with Crippen molar-refractivity contribution in [2.24, 2.45) is 0 Å². The zero-order valence-corrected chi connectivity index (χ0v) is 16.0. The number of fused-ring (bicyclic) bond motifs is 2. The molecule has 146 valence electrons. The Morgan fingerprint density at radius 3 is 2.82 bits per heavy atom. The molecule has 1 saturated carbocycles. The van der Waals surface area contributed by atoms with Gasteiger partial charge in [0.25, 0.3) is 0 Å². The molecule has 7 heteroatoms. The monoisotopic (exact) mass is 380 g/mol. The summed E-state index contributed by atoms with van der Waals surface area (Å²) in [6, 6.07) is 7.71. The van der Waals surface area contributed by atoms with Crippen LogP contribution in [0.25, 0.3) is 11.0 Å². The molecule has 2 aliphatic rings. The molecule has 2 N–H and O–H groups in total. The van der Waals surface area contributed by atoms with Crippen molar-refractivity contribution in [2.45, 2.75) is 50.8 Å². The van der Waals surface area contributed by atoms with Gasteiger partial charge in [-0.25, -0.2) is 9.97 Å². The normalized spacial score (nSPS) is 27.4. The average molecular weight is 380 g/mol. The maximum atomic E-state index is 10.7. The van der Waals surface area contributed by atoms with Crippen molar-refractivity contribution >= 4 is 11.0 Å². The molecular weight excluding hydrogens is 356 g/mol. The van der Waals surface area contributed by atoms with Gasteiger partial charge < -0.3 is 19.5 Å². The maximum Gasteiger partial charge on any atom is 0.143 e. The van der Waals surface area contributed by atoms with Gasteiger partial charge in [0.1, 0.15) is 36.0 Å². The summed E-state index contributed by atoms with van der Waals surface area (Å²) in [6.45, 7) is 3.67. The molecule has 2 unspecified atom stereocenters. The number of hydrogen-bond donors (Lipinski definition) is 2. The topological polar surface area (TPSA) is 83.6 Å². The molecule has 7 nitrogen and oxygen atoms in total. The molecule has 2 aromatic heterocycles. The van der Waals surface area contributed by atoms with E-state index in [-0.39, 0.29) is 6.04 Å². The van der Waals surface area contributed by atoms with Gasteiger partial charge in [-0.15, -0.1) is 0 Å². The maximum absolute atomic E-state index is 10.7. The molecule has 5 rings (SSSR count). The SMILES string of the molecule is Cc1ncnc2c1ccn2C1CC(Oc2cccc3c2CN(C)C3)[C@@H](O)[C@H]1O. The molecule has 1 aromatic carbocycles. The van der Waals surface area contributed by atoms with Crippen LogP contribution >= 0.6 is 0 Å². The Bertz CT molecular complexity index is 1030. The number of aromatic nitrogens is 3. The largest absolute Gasteiger partial charge is 0.487 e. The van der Waals surface area contributed by atoms with E-state index in [0.717, 1.165) is 35.6 Å². The van der Waals surface area contributed by atoms with E-state index in [1.165, 1.54) is 17.5 Å². The van der Waals surface area contributed by atoms with Crippen molar-refractivity contribution in [3.05, 3.63) is 53.6 Å². The molecule has 1 fully saturated rings. The van der Waals surface area contributed by atoms with E-state index in [9.17, 15) is 10.2 Å². The van der Waals surface area contributed by atoms with Crippen LogP contribution in [0.5, 0.6) is 5.75 Å². The Labute approximate surface area is 163 Å². The number of aliphatic hydroxyl groups is 2. The lowest BCUT2D eigenvalue weighted by atomic mass is 10.1. The van der Waals surface area contributed by atoms with E-state index in [1.54, 1.807) is 0 Å². The average Bonchev–Trinajstić information content (AvgIpc) is 3.34. The van der Waals surface area contributed by atoms with Crippen molar-refractivity contribution in [2.75, 3.05) is 7.05 Å². The Balaban J connectivity index is 1.43. The van der Waals surface area contributed by atoms with E-state index in [1.807, 2.05) is 35.9 Å². The third kappa shape index (κ3) is 2.70. The second kappa shape index (κ2) is 6.55. The fourth-order valence-corrected chi connectivity index (χ4v) is 4.55. The molecule has 0 saturated heterocycles. The van der Waals surface area contributed by atoms with Crippen LogP contribution < -0.4 is 4.74 Å². The van der Waals surface area contributed by atoms with Gasteiger partial charge in [0, 0.05) is 36.7 Å². The summed E-state index contributed by atoms with van der Waals surface area (Å²) in [4.78, 5) is 10.8. The third-order valence-electron chi connectivity index (χ3n) is 6.04. The molecule has 28 heavy (non-hydrogen) atoms. The molecule has 0 bridgehead atoms. The summed E-state index contributed by atoms with van der Waals surface area (Å²) in [7, 11) is 2.08. The molecule has 4 atom stereocenters. The van der Waals surface area contributed by atoms with Crippen LogP contribution in [0.15, 0.2) is 36.8 Å². The zero-order valence-electron chi connectivity index (χ0n) is 16.0. The lowest BCUT2D eigenvalue weighted by Gasteiger charge is -2.20. The van der Waals surface area contributed by atoms with Crippen molar-refractivity contribution in [1.29, 1.82) is 0 Å². The highest BCUT2D eigenvalue weighted by Gasteiger charge is 2.44.